The monoisotopic (exact) mass is 468 g/mol. The summed E-state index contributed by atoms with van der Waals surface area (Å²) >= 11 is 0. The van der Waals surface area contributed by atoms with Crippen LogP contribution in [0.1, 0.15) is 43.4 Å². The Kier molecular flexibility index (Phi) is 7.29. The van der Waals surface area contributed by atoms with Crippen molar-refractivity contribution in [2.24, 2.45) is 5.92 Å². The largest absolute Gasteiger partial charge is 0.416 e. The van der Waals surface area contributed by atoms with Gasteiger partial charge in [0.1, 0.15) is 0 Å². The number of hydrogen-bond donors (Lipinski definition) is 1. The lowest BCUT2D eigenvalue weighted by Crippen LogP contribution is -2.41. The van der Waals surface area contributed by atoms with E-state index in [-0.39, 0.29) is 29.8 Å². The zero-order valence-electron chi connectivity index (χ0n) is 18.1. The van der Waals surface area contributed by atoms with Crippen molar-refractivity contribution >= 4 is 21.6 Å². The normalized spacial score (nSPS) is 16.2. The maximum atomic E-state index is 13.0. The number of amides is 1. The molecule has 1 N–H and O–H groups in total. The highest BCUT2D eigenvalue weighted by molar-refractivity contribution is 7.89. The van der Waals surface area contributed by atoms with Crippen LogP contribution in [0.3, 0.4) is 0 Å². The van der Waals surface area contributed by atoms with E-state index in [9.17, 15) is 26.4 Å². The molecule has 1 aliphatic rings. The Morgan fingerprint density at radius 3 is 2.12 bits per heavy atom. The van der Waals surface area contributed by atoms with Gasteiger partial charge in [0.05, 0.1) is 10.5 Å². The Balaban J connectivity index is 1.70. The van der Waals surface area contributed by atoms with Crippen LogP contribution in [0.5, 0.6) is 0 Å². The molecule has 0 saturated carbocycles. The number of halogens is 3. The third-order valence-corrected chi connectivity index (χ3v) is 7.77. The van der Waals surface area contributed by atoms with E-state index in [1.807, 2.05) is 32.0 Å². The molecule has 0 spiro atoms. The quantitative estimate of drug-likeness (QED) is 0.658. The number of nitrogens with zero attached hydrogens (tertiary/aromatic N) is 1. The van der Waals surface area contributed by atoms with E-state index in [1.165, 1.54) is 0 Å². The van der Waals surface area contributed by atoms with E-state index in [1.54, 1.807) is 0 Å². The van der Waals surface area contributed by atoms with Crippen molar-refractivity contribution in [1.29, 1.82) is 0 Å². The molecule has 0 unspecified atom stereocenters. The highest BCUT2D eigenvalue weighted by Crippen LogP contribution is 2.32. The van der Waals surface area contributed by atoms with Gasteiger partial charge in [-0.05, 0) is 55.0 Å². The first kappa shape index (κ1) is 24.3. The van der Waals surface area contributed by atoms with E-state index in [2.05, 4.69) is 5.32 Å². The summed E-state index contributed by atoms with van der Waals surface area (Å²) in [5.41, 5.74) is 1.90. The number of alkyl halides is 3. The number of anilines is 1. The fourth-order valence-corrected chi connectivity index (χ4v) is 5.48. The van der Waals surface area contributed by atoms with Crippen molar-refractivity contribution in [3.63, 3.8) is 0 Å². The molecule has 1 heterocycles. The van der Waals surface area contributed by atoms with Gasteiger partial charge in [-0.1, -0.05) is 38.1 Å². The van der Waals surface area contributed by atoms with Crippen molar-refractivity contribution in [1.82, 2.24) is 4.31 Å². The lowest BCUT2D eigenvalue weighted by Gasteiger charge is -2.31. The lowest BCUT2D eigenvalue weighted by molar-refractivity contribution is -0.137. The van der Waals surface area contributed by atoms with E-state index in [4.69, 9.17) is 0 Å². The summed E-state index contributed by atoms with van der Waals surface area (Å²) in [6.45, 7) is 4.18. The summed E-state index contributed by atoms with van der Waals surface area (Å²) in [6, 6.07) is 9.66. The van der Waals surface area contributed by atoms with Crippen LogP contribution in [0.2, 0.25) is 0 Å². The highest BCUT2D eigenvalue weighted by Gasteiger charge is 2.35. The Morgan fingerprint density at radius 1 is 1.03 bits per heavy atom. The first-order valence-electron chi connectivity index (χ1n) is 10.7. The fourth-order valence-electron chi connectivity index (χ4n) is 3.97. The second-order valence-corrected chi connectivity index (χ2v) is 9.79. The Hall–Kier alpha value is -2.39. The number of para-hydroxylation sites is 1. The van der Waals surface area contributed by atoms with Crippen LogP contribution < -0.4 is 5.32 Å². The molecule has 0 aliphatic carbocycles. The first-order valence-corrected chi connectivity index (χ1v) is 12.1. The minimum atomic E-state index is -4.62. The van der Waals surface area contributed by atoms with E-state index >= 15 is 0 Å². The molecule has 0 bridgehead atoms. The van der Waals surface area contributed by atoms with Crippen molar-refractivity contribution in [2.75, 3.05) is 18.4 Å². The summed E-state index contributed by atoms with van der Waals surface area (Å²) in [5.74, 6) is -0.519. The molecule has 0 atom stereocenters. The molecule has 9 heteroatoms. The molecule has 5 nitrogen and oxygen atoms in total. The smallest absolute Gasteiger partial charge is 0.325 e. The molecule has 1 saturated heterocycles. The van der Waals surface area contributed by atoms with Crippen LogP contribution >= 0.6 is 0 Å². The van der Waals surface area contributed by atoms with Crippen molar-refractivity contribution < 1.29 is 26.4 Å². The van der Waals surface area contributed by atoms with Gasteiger partial charge in [0.2, 0.25) is 15.9 Å². The first-order chi connectivity index (χ1) is 15.1. The molecule has 0 aromatic heterocycles. The molecular formula is C23H27F3N2O3S. The average molecular weight is 469 g/mol. The summed E-state index contributed by atoms with van der Waals surface area (Å²) in [4.78, 5) is 12.5. The molecule has 2 aromatic carbocycles. The van der Waals surface area contributed by atoms with Crippen LogP contribution in [0.15, 0.2) is 47.4 Å². The number of piperidine rings is 1. The zero-order chi connectivity index (χ0) is 23.5. The van der Waals surface area contributed by atoms with Crippen molar-refractivity contribution in [2.45, 2.75) is 50.6 Å². The highest BCUT2D eigenvalue weighted by atomic mass is 32.2. The van der Waals surface area contributed by atoms with Crippen LogP contribution in [-0.2, 0) is 33.8 Å². The number of benzene rings is 2. The zero-order valence-corrected chi connectivity index (χ0v) is 18.9. The number of carbonyl (C=O) groups is 1. The molecule has 1 fully saturated rings. The molecule has 32 heavy (non-hydrogen) atoms. The second kappa shape index (κ2) is 9.62. The van der Waals surface area contributed by atoms with Gasteiger partial charge in [-0.2, -0.15) is 17.5 Å². The minimum absolute atomic E-state index is 0.0761. The van der Waals surface area contributed by atoms with Crippen molar-refractivity contribution in [3.8, 4) is 0 Å². The minimum Gasteiger partial charge on any atom is -0.325 e. The van der Waals surface area contributed by atoms with E-state index < -0.39 is 21.8 Å². The lowest BCUT2D eigenvalue weighted by atomic mass is 9.96. The van der Waals surface area contributed by atoms with Gasteiger partial charge in [0.25, 0.3) is 0 Å². The van der Waals surface area contributed by atoms with Gasteiger partial charge in [0.15, 0.2) is 0 Å². The molecule has 3 rings (SSSR count). The second-order valence-electron chi connectivity index (χ2n) is 7.85. The SMILES string of the molecule is CCc1cccc(CC)c1NC(=O)C1CCN(S(=O)(=O)c2cccc(C(F)(F)F)c2)CC1. The predicted octanol–water partition coefficient (Wildman–Crippen LogP) is 4.87. The summed E-state index contributed by atoms with van der Waals surface area (Å²) in [5, 5.41) is 3.03. The topological polar surface area (TPSA) is 66.5 Å². The molecular weight excluding hydrogens is 441 g/mol. The van der Waals surface area contributed by atoms with E-state index in [0.29, 0.717) is 18.9 Å². The number of aryl methyl sites for hydroxylation is 2. The third-order valence-electron chi connectivity index (χ3n) is 5.87. The molecule has 2 aromatic rings. The maximum absolute atomic E-state index is 13.0. The number of hydrogen-bond acceptors (Lipinski definition) is 3. The standard InChI is InChI=1S/C23H27F3N2O3S/c1-3-16-7-5-8-17(4-2)21(16)27-22(29)18-11-13-28(14-12-18)32(30,31)20-10-6-9-19(15-20)23(24,25)26/h5-10,15,18H,3-4,11-14H2,1-2H3,(H,27,29). The Labute approximate surface area is 186 Å². The summed E-state index contributed by atoms with van der Waals surface area (Å²) in [6.07, 6.45) is -2.46. The predicted molar refractivity (Wildman–Crippen MR) is 117 cm³/mol. The maximum Gasteiger partial charge on any atom is 0.416 e. The number of carbonyl (C=O) groups excluding carboxylic acids is 1. The van der Waals surface area contributed by atoms with Gasteiger partial charge in [-0.3, -0.25) is 4.79 Å². The third kappa shape index (κ3) is 5.15. The fraction of sp³-hybridized carbons (Fsp3) is 0.435. The van der Waals surface area contributed by atoms with Gasteiger partial charge in [-0.25, -0.2) is 8.42 Å². The van der Waals surface area contributed by atoms with E-state index in [0.717, 1.165) is 52.2 Å². The van der Waals surface area contributed by atoms with Crippen molar-refractivity contribution in [3.05, 3.63) is 59.2 Å². The summed E-state index contributed by atoms with van der Waals surface area (Å²) < 4.78 is 65.8. The van der Waals surface area contributed by atoms with Gasteiger partial charge < -0.3 is 5.32 Å². The number of sulfonamides is 1. The van der Waals surface area contributed by atoms with Crippen LogP contribution in [0.4, 0.5) is 18.9 Å². The Morgan fingerprint density at radius 2 is 1.59 bits per heavy atom. The summed E-state index contributed by atoms with van der Waals surface area (Å²) in [7, 11) is -4.07. The van der Waals surface area contributed by atoms with Crippen LogP contribution in [-0.4, -0.2) is 31.7 Å². The Bertz CT molecular complexity index is 1050. The average Bonchev–Trinajstić information content (AvgIpc) is 2.78. The number of nitrogens with one attached hydrogen (secondary N) is 1. The van der Waals surface area contributed by atoms with Crippen LogP contribution in [0.25, 0.3) is 0 Å². The van der Waals surface area contributed by atoms with Gasteiger partial charge in [-0.15, -0.1) is 0 Å². The molecule has 1 amide bonds. The number of rotatable bonds is 6. The molecule has 174 valence electrons. The van der Waals surface area contributed by atoms with Crippen LogP contribution in [0, 0.1) is 5.92 Å². The van der Waals surface area contributed by atoms with Gasteiger partial charge >= 0.3 is 6.18 Å². The van der Waals surface area contributed by atoms with Gasteiger partial charge in [0, 0.05) is 24.7 Å². The molecule has 0 radical (unpaired) electrons. The molecule has 1 aliphatic heterocycles.